The Labute approximate surface area is 132 Å². The molecule has 0 saturated heterocycles. The smallest absolute Gasteiger partial charge is 0.306 e. The minimum absolute atomic E-state index is 0.160. The zero-order valence-corrected chi connectivity index (χ0v) is 12.8. The van der Waals surface area contributed by atoms with E-state index in [1.165, 1.54) is 12.1 Å². The van der Waals surface area contributed by atoms with E-state index in [9.17, 15) is 14.0 Å². The molecule has 0 aliphatic heterocycles. The van der Waals surface area contributed by atoms with Gasteiger partial charge in [0.05, 0.1) is 17.0 Å². The van der Waals surface area contributed by atoms with Crippen LogP contribution in [-0.4, -0.2) is 26.5 Å². The predicted molar refractivity (Wildman–Crippen MR) is 82.4 cm³/mol. The topological polar surface area (TPSA) is 84.2 Å². The highest BCUT2D eigenvalue weighted by Gasteiger charge is 2.30. The summed E-state index contributed by atoms with van der Waals surface area (Å²) in [6.07, 6.45) is 2.14. The summed E-state index contributed by atoms with van der Waals surface area (Å²) in [5, 5.41) is 11.8. The molecule has 1 amide bonds. The van der Waals surface area contributed by atoms with E-state index in [-0.39, 0.29) is 23.6 Å². The number of aliphatic carboxylic acids is 1. The van der Waals surface area contributed by atoms with Crippen LogP contribution in [0.25, 0.3) is 11.0 Å². The van der Waals surface area contributed by atoms with Gasteiger partial charge in [0.25, 0.3) is 0 Å². The summed E-state index contributed by atoms with van der Waals surface area (Å²) in [4.78, 5) is 27.6. The lowest BCUT2D eigenvalue weighted by atomic mass is 9.81. The fourth-order valence-electron chi connectivity index (χ4n) is 3.10. The summed E-state index contributed by atoms with van der Waals surface area (Å²) in [6.45, 7) is 0. The number of anilines is 1. The summed E-state index contributed by atoms with van der Waals surface area (Å²) < 4.78 is 15.0. The van der Waals surface area contributed by atoms with Crippen LogP contribution in [0.1, 0.15) is 25.7 Å². The van der Waals surface area contributed by atoms with Crippen LogP contribution in [0, 0.1) is 17.7 Å². The Hall–Kier alpha value is -2.44. The molecule has 1 aromatic heterocycles. The Morgan fingerprint density at radius 2 is 1.91 bits per heavy atom. The highest BCUT2D eigenvalue weighted by molar-refractivity contribution is 5.93. The van der Waals surface area contributed by atoms with Gasteiger partial charge in [0.1, 0.15) is 5.82 Å². The van der Waals surface area contributed by atoms with Gasteiger partial charge in [0, 0.05) is 19.0 Å². The fraction of sp³-hybridized carbons (Fsp3) is 0.438. The number of halogens is 1. The molecule has 7 heteroatoms. The molecule has 0 radical (unpaired) electrons. The van der Waals surface area contributed by atoms with E-state index in [0.29, 0.717) is 37.1 Å². The van der Waals surface area contributed by atoms with Crippen molar-refractivity contribution in [2.24, 2.45) is 18.9 Å². The third kappa shape index (κ3) is 3.04. The monoisotopic (exact) mass is 319 g/mol. The van der Waals surface area contributed by atoms with Crippen molar-refractivity contribution in [3.05, 3.63) is 24.0 Å². The van der Waals surface area contributed by atoms with Gasteiger partial charge in [-0.25, -0.2) is 9.37 Å². The molecule has 1 fully saturated rings. The minimum Gasteiger partial charge on any atom is -0.481 e. The van der Waals surface area contributed by atoms with E-state index in [2.05, 4.69) is 10.3 Å². The van der Waals surface area contributed by atoms with Gasteiger partial charge in [-0.2, -0.15) is 0 Å². The summed E-state index contributed by atoms with van der Waals surface area (Å²) >= 11 is 0. The van der Waals surface area contributed by atoms with Crippen molar-refractivity contribution in [2.45, 2.75) is 25.7 Å². The Morgan fingerprint density at radius 1 is 1.26 bits per heavy atom. The lowest BCUT2D eigenvalue weighted by Crippen LogP contribution is -2.30. The van der Waals surface area contributed by atoms with Crippen molar-refractivity contribution in [3.8, 4) is 0 Å². The number of carbonyl (C=O) groups is 2. The highest BCUT2D eigenvalue weighted by atomic mass is 19.1. The van der Waals surface area contributed by atoms with Crippen LogP contribution in [0.5, 0.6) is 0 Å². The number of fused-ring (bicyclic) bond motifs is 1. The molecular formula is C16H18FN3O3. The van der Waals surface area contributed by atoms with Gasteiger partial charge in [0.15, 0.2) is 0 Å². The maximum atomic E-state index is 13.2. The average Bonchev–Trinajstić information content (AvgIpc) is 2.82. The van der Waals surface area contributed by atoms with E-state index in [1.54, 1.807) is 17.7 Å². The quantitative estimate of drug-likeness (QED) is 0.910. The summed E-state index contributed by atoms with van der Waals surface area (Å²) in [5.74, 6) is -1.51. The van der Waals surface area contributed by atoms with Crippen LogP contribution in [0.15, 0.2) is 18.2 Å². The SMILES string of the molecule is Cn1c(NC(=O)C2CCC(C(=O)O)CC2)nc2cc(F)ccc21. The first-order chi connectivity index (χ1) is 11.0. The zero-order chi connectivity index (χ0) is 16.6. The molecule has 2 N–H and O–H groups in total. The normalized spacial score (nSPS) is 21.3. The molecule has 1 heterocycles. The van der Waals surface area contributed by atoms with Gasteiger partial charge in [-0.3, -0.25) is 14.9 Å². The molecule has 3 rings (SSSR count). The van der Waals surface area contributed by atoms with Crippen LogP contribution in [-0.2, 0) is 16.6 Å². The van der Waals surface area contributed by atoms with E-state index >= 15 is 0 Å². The molecule has 2 aromatic rings. The third-order valence-electron chi connectivity index (χ3n) is 4.53. The number of carboxylic acid groups (broad SMARTS) is 1. The van der Waals surface area contributed by atoms with Crippen molar-refractivity contribution < 1.29 is 19.1 Å². The standard InChI is InChI=1S/C16H18FN3O3/c1-20-13-7-6-11(17)8-12(13)18-16(20)19-14(21)9-2-4-10(5-3-9)15(22)23/h6-10H,2-5H2,1H3,(H,22,23)(H,18,19,21). The van der Waals surface area contributed by atoms with Crippen LogP contribution < -0.4 is 5.32 Å². The Morgan fingerprint density at radius 3 is 2.57 bits per heavy atom. The van der Waals surface area contributed by atoms with Gasteiger partial charge < -0.3 is 9.67 Å². The second-order valence-corrected chi connectivity index (χ2v) is 6.00. The number of benzene rings is 1. The fourth-order valence-corrected chi connectivity index (χ4v) is 3.10. The maximum Gasteiger partial charge on any atom is 0.306 e. The molecule has 1 aliphatic carbocycles. The van der Waals surface area contributed by atoms with Crippen molar-refractivity contribution in [3.63, 3.8) is 0 Å². The number of nitrogens with one attached hydrogen (secondary N) is 1. The number of imidazole rings is 1. The van der Waals surface area contributed by atoms with Crippen LogP contribution >= 0.6 is 0 Å². The molecule has 6 nitrogen and oxygen atoms in total. The molecule has 0 unspecified atom stereocenters. The Kier molecular flexibility index (Phi) is 4.02. The Bertz CT molecular complexity index is 763. The van der Waals surface area contributed by atoms with Crippen molar-refractivity contribution in [1.29, 1.82) is 0 Å². The lowest BCUT2D eigenvalue weighted by molar-refractivity contribution is -0.143. The number of hydrogen-bond donors (Lipinski definition) is 2. The van der Waals surface area contributed by atoms with E-state index in [4.69, 9.17) is 5.11 Å². The molecule has 0 spiro atoms. The predicted octanol–water partition coefficient (Wildman–Crippen LogP) is 2.54. The summed E-state index contributed by atoms with van der Waals surface area (Å²) in [7, 11) is 1.75. The molecular weight excluding hydrogens is 301 g/mol. The van der Waals surface area contributed by atoms with Gasteiger partial charge in [-0.05, 0) is 37.8 Å². The number of aryl methyl sites for hydroxylation is 1. The molecule has 0 bridgehead atoms. The van der Waals surface area contributed by atoms with Crippen molar-refractivity contribution in [2.75, 3.05) is 5.32 Å². The number of aromatic nitrogens is 2. The molecule has 1 aliphatic rings. The summed E-state index contributed by atoms with van der Waals surface area (Å²) in [6, 6.07) is 4.29. The first-order valence-electron chi connectivity index (χ1n) is 7.61. The second kappa shape index (κ2) is 5.98. The summed E-state index contributed by atoms with van der Waals surface area (Å²) in [5.41, 5.74) is 1.22. The van der Waals surface area contributed by atoms with Crippen molar-refractivity contribution in [1.82, 2.24) is 9.55 Å². The first kappa shape index (κ1) is 15.5. The van der Waals surface area contributed by atoms with Crippen LogP contribution in [0.3, 0.4) is 0 Å². The highest BCUT2D eigenvalue weighted by Crippen LogP contribution is 2.30. The zero-order valence-electron chi connectivity index (χ0n) is 12.8. The van der Waals surface area contributed by atoms with Gasteiger partial charge in [-0.15, -0.1) is 0 Å². The van der Waals surface area contributed by atoms with Crippen LogP contribution in [0.2, 0.25) is 0 Å². The molecule has 1 aromatic carbocycles. The third-order valence-corrected chi connectivity index (χ3v) is 4.53. The van der Waals surface area contributed by atoms with E-state index < -0.39 is 5.97 Å². The number of hydrogen-bond acceptors (Lipinski definition) is 3. The first-order valence-corrected chi connectivity index (χ1v) is 7.61. The largest absolute Gasteiger partial charge is 0.481 e. The molecule has 1 saturated carbocycles. The van der Waals surface area contributed by atoms with Crippen molar-refractivity contribution >= 4 is 28.9 Å². The number of rotatable bonds is 3. The van der Waals surface area contributed by atoms with Gasteiger partial charge in [-0.1, -0.05) is 0 Å². The molecule has 23 heavy (non-hydrogen) atoms. The number of carboxylic acids is 1. The van der Waals surface area contributed by atoms with Gasteiger partial charge >= 0.3 is 5.97 Å². The van der Waals surface area contributed by atoms with E-state index in [1.807, 2.05) is 0 Å². The number of nitrogens with zero attached hydrogens (tertiary/aromatic N) is 2. The lowest BCUT2D eigenvalue weighted by Gasteiger charge is -2.25. The van der Waals surface area contributed by atoms with E-state index in [0.717, 1.165) is 5.52 Å². The molecule has 0 atom stereocenters. The second-order valence-electron chi connectivity index (χ2n) is 6.00. The van der Waals surface area contributed by atoms with Gasteiger partial charge in [0.2, 0.25) is 11.9 Å². The van der Waals surface area contributed by atoms with Crippen LogP contribution in [0.4, 0.5) is 10.3 Å². The maximum absolute atomic E-state index is 13.2. The number of amides is 1. The average molecular weight is 319 g/mol. The number of carbonyl (C=O) groups excluding carboxylic acids is 1. The minimum atomic E-state index is -0.791. The molecule has 122 valence electrons. The Balaban J connectivity index is 1.71.